The topological polar surface area (TPSA) is 58.4 Å². The maximum atomic E-state index is 11.8. The van der Waals surface area contributed by atoms with Crippen molar-refractivity contribution in [3.05, 3.63) is 28.2 Å². The number of amides is 1. The molecule has 1 heterocycles. The zero-order valence-corrected chi connectivity index (χ0v) is 11.3. The maximum Gasteiger partial charge on any atom is 0.238 e. The molecule has 4 nitrogen and oxygen atoms in total. The van der Waals surface area contributed by atoms with Gasteiger partial charge < -0.3 is 11.1 Å². The van der Waals surface area contributed by atoms with E-state index < -0.39 is 0 Å². The summed E-state index contributed by atoms with van der Waals surface area (Å²) in [6.07, 6.45) is 0.944. The number of hydrogen-bond donors (Lipinski definition) is 2. The molecular weight excluding hydrogens is 273 g/mol. The molecule has 0 spiro atoms. The van der Waals surface area contributed by atoms with Gasteiger partial charge in [0.25, 0.3) is 0 Å². The first-order valence-corrected chi connectivity index (χ1v) is 6.53. The first-order chi connectivity index (χ1) is 8.54. The highest BCUT2D eigenvalue weighted by Gasteiger charge is 2.20. The third-order valence-corrected chi connectivity index (χ3v) is 3.62. The quantitative estimate of drug-likeness (QED) is 0.894. The number of anilines is 1. The molecule has 2 rings (SSSR count). The van der Waals surface area contributed by atoms with E-state index in [1.54, 1.807) is 18.2 Å². The van der Waals surface area contributed by atoms with Crippen molar-refractivity contribution in [2.75, 3.05) is 25.0 Å². The predicted molar refractivity (Wildman–Crippen MR) is 74.1 cm³/mol. The van der Waals surface area contributed by atoms with E-state index in [0.29, 0.717) is 22.3 Å². The van der Waals surface area contributed by atoms with E-state index in [0.717, 1.165) is 19.5 Å². The third-order valence-electron chi connectivity index (χ3n) is 2.88. The molecule has 1 amide bonds. The second kappa shape index (κ2) is 5.89. The van der Waals surface area contributed by atoms with Crippen LogP contribution in [0.4, 0.5) is 5.69 Å². The molecule has 6 heteroatoms. The fraction of sp³-hybridized carbons (Fsp3) is 0.417. The molecule has 1 saturated heterocycles. The smallest absolute Gasteiger partial charge is 0.238 e. The highest BCUT2D eigenvalue weighted by atomic mass is 35.5. The Hall–Kier alpha value is -0.810. The van der Waals surface area contributed by atoms with E-state index in [9.17, 15) is 4.79 Å². The van der Waals surface area contributed by atoms with Gasteiger partial charge in [0.2, 0.25) is 5.91 Å². The molecular formula is C12H15Cl2N3O. The number of nitrogens with zero attached hydrogens (tertiary/aromatic N) is 1. The number of nitrogens with one attached hydrogen (secondary N) is 1. The Morgan fingerprint density at radius 1 is 1.44 bits per heavy atom. The molecule has 1 fully saturated rings. The number of rotatable bonds is 3. The number of carbonyl (C=O) groups excluding carboxylic acids is 1. The van der Waals surface area contributed by atoms with Gasteiger partial charge in [-0.25, -0.2) is 0 Å². The molecule has 1 atom stereocenters. The molecule has 0 aromatic heterocycles. The Morgan fingerprint density at radius 3 is 2.83 bits per heavy atom. The number of benzene rings is 1. The molecule has 3 N–H and O–H groups in total. The molecule has 0 unspecified atom stereocenters. The van der Waals surface area contributed by atoms with E-state index in [1.807, 2.05) is 4.90 Å². The monoisotopic (exact) mass is 287 g/mol. The lowest BCUT2D eigenvalue weighted by Gasteiger charge is -2.14. The lowest BCUT2D eigenvalue weighted by molar-refractivity contribution is -0.117. The molecule has 1 aromatic carbocycles. The van der Waals surface area contributed by atoms with E-state index in [1.165, 1.54) is 0 Å². The standard InChI is InChI=1S/C12H15Cl2N3O/c13-10-2-1-9(5-11(10)14)16-12(18)7-17-4-3-8(15)6-17/h1-2,5,8H,3-4,6-7,15H2,(H,16,18)/t8-/m1/s1. The van der Waals surface area contributed by atoms with Crippen LogP contribution in [0.15, 0.2) is 18.2 Å². The van der Waals surface area contributed by atoms with Crippen molar-refractivity contribution < 1.29 is 4.79 Å². The van der Waals surface area contributed by atoms with Crippen LogP contribution in [0.1, 0.15) is 6.42 Å². The van der Waals surface area contributed by atoms with Crippen molar-refractivity contribution in [1.82, 2.24) is 4.90 Å². The van der Waals surface area contributed by atoms with Crippen molar-refractivity contribution in [3.63, 3.8) is 0 Å². The molecule has 1 aromatic rings. The second-order valence-corrected chi connectivity index (χ2v) is 5.28. The van der Waals surface area contributed by atoms with Crippen LogP contribution in [0.5, 0.6) is 0 Å². The van der Waals surface area contributed by atoms with Crippen LogP contribution in [0.2, 0.25) is 10.0 Å². The molecule has 0 bridgehead atoms. The van der Waals surface area contributed by atoms with Crippen LogP contribution in [0.25, 0.3) is 0 Å². The van der Waals surface area contributed by atoms with Crippen LogP contribution in [-0.4, -0.2) is 36.5 Å². The van der Waals surface area contributed by atoms with Gasteiger partial charge in [0.1, 0.15) is 0 Å². The Balaban J connectivity index is 1.89. The molecule has 0 saturated carbocycles. The highest BCUT2D eigenvalue weighted by Crippen LogP contribution is 2.24. The summed E-state index contributed by atoms with van der Waals surface area (Å²) in [7, 11) is 0. The summed E-state index contributed by atoms with van der Waals surface area (Å²) in [5.41, 5.74) is 6.44. The summed E-state index contributed by atoms with van der Waals surface area (Å²) in [6.45, 7) is 2.00. The summed E-state index contributed by atoms with van der Waals surface area (Å²) in [4.78, 5) is 13.8. The van der Waals surface area contributed by atoms with Crippen molar-refractivity contribution in [1.29, 1.82) is 0 Å². The van der Waals surface area contributed by atoms with E-state index in [-0.39, 0.29) is 11.9 Å². The second-order valence-electron chi connectivity index (χ2n) is 4.46. The molecule has 0 aliphatic carbocycles. The van der Waals surface area contributed by atoms with Gasteiger partial charge in [-0.15, -0.1) is 0 Å². The zero-order valence-electron chi connectivity index (χ0n) is 9.83. The minimum absolute atomic E-state index is 0.0671. The number of hydrogen-bond acceptors (Lipinski definition) is 3. The molecule has 1 aliphatic heterocycles. The Bertz CT molecular complexity index is 453. The fourth-order valence-electron chi connectivity index (χ4n) is 1.98. The van der Waals surface area contributed by atoms with Gasteiger partial charge >= 0.3 is 0 Å². The summed E-state index contributed by atoms with van der Waals surface area (Å²) >= 11 is 11.7. The minimum atomic E-state index is -0.0671. The van der Waals surface area contributed by atoms with Crippen LogP contribution in [0.3, 0.4) is 0 Å². The zero-order chi connectivity index (χ0) is 13.1. The molecule has 98 valence electrons. The minimum Gasteiger partial charge on any atom is -0.326 e. The normalized spacial score (nSPS) is 20.1. The highest BCUT2D eigenvalue weighted by molar-refractivity contribution is 6.42. The lowest BCUT2D eigenvalue weighted by Crippen LogP contribution is -2.33. The third kappa shape index (κ3) is 3.59. The first-order valence-electron chi connectivity index (χ1n) is 5.77. The summed E-state index contributed by atoms with van der Waals surface area (Å²) < 4.78 is 0. The van der Waals surface area contributed by atoms with Crippen molar-refractivity contribution in [3.8, 4) is 0 Å². The van der Waals surface area contributed by atoms with Crippen LogP contribution in [0, 0.1) is 0 Å². The number of halogens is 2. The first kappa shape index (κ1) is 13.6. The lowest BCUT2D eigenvalue weighted by atomic mass is 10.3. The van der Waals surface area contributed by atoms with Crippen molar-refractivity contribution >= 4 is 34.8 Å². The summed E-state index contributed by atoms with van der Waals surface area (Å²) in [5.74, 6) is -0.0671. The van der Waals surface area contributed by atoms with Gasteiger partial charge in [-0.05, 0) is 24.6 Å². The number of carbonyl (C=O) groups is 1. The van der Waals surface area contributed by atoms with Crippen molar-refractivity contribution in [2.24, 2.45) is 5.73 Å². The molecule has 18 heavy (non-hydrogen) atoms. The van der Waals surface area contributed by atoms with Gasteiger partial charge in [0, 0.05) is 24.8 Å². The SMILES string of the molecule is N[C@@H]1CCN(CC(=O)Nc2ccc(Cl)c(Cl)c2)C1. The average Bonchev–Trinajstić information content (AvgIpc) is 2.69. The molecule has 1 aliphatic rings. The van der Waals surface area contributed by atoms with Gasteiger partial charge in [0.05, 0.1) is 16.6 Å². The van der Waals surface area contributed by atoms with Crippen LogP contribution < -0.4 is 11.1 Å². The number of nitrogens with two attached hydrogens (primary N) is 1. The maximum absolute atomic E-state index is 11.8. The largest absolute Gasteiger partial charge is 0.326 e. The summed E-state index contributed by atoms with van der Waals surface area (Å²) in [6, 6.07) is 5.20. The van der Waals surface area contributed by atoms with Gasteiger partial charge in [0.15, 0.2) is 0 Å². The van der Waals surface area contributed by atoms with Crippen molar-refractivity contribution in [2.45, 2.75) is 12.5 Å². The summed E-state index contributed by atoms with van der Waals surface area (Å²) in [5, 5.41) is 3.69. The van der Waals surface area contributed by atoms with E-state index in [4.69, 9.17) is 28.9 Å². The molecule has 0 radical (unpaired) electrons. The predicted octanol–water partition coefficient (Wildman–Crippen LogP) is 1.96. The average molecular weight is 288 g/mol. The fourth-order valence-corrected chi connectivity index (χ4v) is 2.28. The Labute approximate surface area is 116 Å². The van der Waals surface area contributed by atoms with Crippen LogP contribution in [-0.2, 0) is 4.79 Å². The van der Waals surface area contributed by atoms with Gasteiger partial charge in [-0.3, -0.25) is 9.69 Å². The van der Waals surface area contributed by atoms with E-state index in [2.05, 4.69) is 5.32 Å². The Morgan fingerprint density at radius 2 is 2.22 bits per heavy atom. The Kier molecular flexibility index (Phi) is 4.45. The van der Waals surface area contributed by atoms with Crippen LogP contribution >= 0.6 is 23.2 Å². The number of likely N-dealkylation sites (tertiary alicyclic amines) is 1. The van der Waals surface area contributed by atoms with Gasteiger partial charge in [-0.1, -0.05) is 23.2 Å². The van der Waals surface area contributed by atoms with E-state index >= 15 is 0 Å². The van der Waals surface area contributed by atoms with Gasteiger partial charge in [-0.2, -0.15) is 0 Å².